The minimum absolute atomic E-state index is 0.00490. The Bertz CT molecular complexity index is 902. The Morgan fingerprint density at radius 3 is 2.62 bits per heavy atom. The van der Waals surface area contributed by atoms with Crippen LogP contribution in [0, 0.1) is 6.92 Å². The minimum Gasteiger partial charge on any atom is -0.490 e. The maximum atomic E-state index is 12.0. The van der Waals surface area contributed by atoms with E-state index in [9.17, 15) is 9.90 Å². The molecule has 2 aromatic carbocycles. The normalized spacial score (nSPS) is 21.9. The third kappa shape index (κ3) is 5.81. The number of benzene rings is 2. The summed E-state index contributed by atoms with van der Waals surface area (Å²) < 4.78 is 12.2. The molecule has 2 aromatic rings. The Morgan fingerprint density at radius 1 is 1.19 bits per heavy atom. The second kappa shape index (κ2) is 10.7. The highest BCUT2D eigenvalue weighted by molar-refractivity contribution is 6.30. The quantitative estimate of drug-likeness (QED) is 0.676. The number of morpholine rings is 1. The molecule has 2 saturated heterocycles. The van der Waals surface area contributed by atoms with Crippen LogP contribution in [0.3, 0.4) is 0 Å². The molecule has 0 aromatic heterocycles. The van der Waals surface area contributed by atoms with Crippen molar-refractivity contribution >= 4 is 17.6 Å². The lowest BCUT2D eigenvalue weighted by molar-refractivity contribution is -0.147. The van der Waals surface area contributed by atoms with Gasteiger partial charge >= 0.3 is 5.97 Å². The summed E-state index contributed by atoms with van der Waals surface area (Å²) in [7, 11) is 0. The SMILES string of the molecule is Cc1cc(Cl)ccc1OC1CCN(C[C@@H]2CN(C(C(=O)O)c3ccccc3)CCO2)CC1. The van der Waals surface area contributed by atoms with E-state index in [-0.39, 0.29) is 12.2 Å². The number of carboxylic acid groups (broad SMARTS) is 1. The average Bonchev–Trinajstić information content (AvgIpc) is 2.78. The van der Waals surface area contributed by atoms with Crippen LogP contribution in [0.5, 0.6) is 5.75 Å². The molecule has 0 bridgehead atoms. The van der Waals surface area contributed by atoms with Gasteiger partial charge in [-0.1, -0.05) is 41.9 Å². The molecule has 4 rings (SSSR count). The third-order valence-electron chi connectivity index (χ3n) is 6.31. The number of hydrogen-bond acceptors (Lipinski definition) is 5. The predicted octanol–water partition coefficient (Wildman–Crippen LogP) is 4.02. The van der Waals surface area contributed by atoms with Crippen molar-refractivity contribution in [3.05, 3.63) is 64.7 Å². The second-order valence-corrected chi connectivity index (χ2v) is 9.10. The topological polar surface area (TPSA) is 62.2 Å². The molecule has 0 saturated carbocycles. The summed E-state index contributed by atoms with van der Waals surface area (Å²) in [5, 5.41) is 10.6. The first kappa shape index (κ1) is 23.1. The largest absolute Gasteiger partial charge is 0.490 e. The van der Waals surface area contributed by atoms with Crippen molar-refractivity contribution in [2.75, 3.05) is 39.3 Å². The molecule has 6 nitrogen and oxygen atoms in total. The summed E-state index contributed by atoms with van der Waals surface area (Å²) in [6.07, 6.45) is 2.12. The first-order valence-electron chi connectivity index (χ1n) is 11.3. The first-order valence-corrected chi connectivity index (χ1v) is 11.7. The van der Waals surface area contributed by atoms with Gasteiger partial charge in [0, 0.05) is 37.7 Å². The highest BCUT2D eigenvalue weighted by atomic mass is 35.5. The zero-order chi connectivity index (χ0) is 22.5. The first-order chi connectivity index (χ1) is 15.5. The highest BCUT2D eigenvalue weighted by Crippen LogP contribution is 2.27. The maximum absolute atomic E-state index is 12.0. The fourth-order valence-corrected chi connectivity index (χ4v) is 4.88. The van der Waals surface area contributed by atoms with E-state index in [4.69, 9.17) is 21.1 Å². The van der Waals surface area contributed by atoms with E-state index in [0.717, 1.165) is 54.4 Å². The second-order valence-electron chi connectivity index (χ2n) is 8.67. The number of carboxylic acids is 1. The van der Waals surface area contributed by atoms with Gasteiger partial charge in [-0.05, 0) is 49.1 Å². The van der Waals surface area contributed by atoms with Crippen molar-refractivity contribution < 1.29 is 19.4 Å². The molecule has 2 atom stereocenters. The molecule has 172 valence electrons. The van der Waals surface area contributed by atoms with Crippen molar-refractivity contribution in [2.24, 2.45) is 0 Å². The van der Waals surface area contributed by atoms with Gasteiger partial charge in [0.05, 0.1) is 12.7 Å². The maximum Gasteiger partial charge on any atom is 0.325 e. The van der Waals surface area contributed by atoms with Crippen LogP contribution < -0.4 is 4.74 Å². The van der Waals surface area contributed by atoms with Gasteiger partial charge in [-0.15, -0.1) is 0 Å². The molecule has 1 unspecified atom stereocenters. The summed E-state index contributed by atoms with van der Waals surface area (Å²) >= 11 is 6.04. The van der Waals surface area contributed by atoms with Gasteiger partial charge in [0.25, 0.3) is 0 Å². The molecule has 0 radical (unpaired) electrons. The van der Waals surface area contributed by atoms with Crippen molar-refractivity contribution in [1.29, 1.82) is 0 Å². The third-order valence-corrected chi connectivity index (χ3v) is 6.55. The molecule has 2 heterocycles. The van der Waals surface area contributed by atoms with Crippen molar-refractivity contribution in [3.8, 4) is 5.75 Å². The molecule has 0 aliphatic carbocycles. The summed E-state index contributed by atoms with van der Waals surface area (Å²) in [6.45, 7) is 6.50. The van der Waals surface area contributed by atoms with Gasteiger partial charge < -0.3 is 19.5 Å². The van der Waals surface area contributed by atoms with E-state index >= 15 is 0 Å². The number of ether oxygens (including phenoxy) is 2. The number of carbonyl (C=O) groups is 1. The van der Waals surface area contributed by atoms with Crippen molar-refractivity contribution in [1.82, 2.24) is 9.80 Å². The van der Waals surface area contributed by atoms with Gasteiger partial charge in [-0.3, -0.25) is 9.69 Å². The molecule has 2 aliphatic heterocycles. The van der Waals surface area contributed by atoms with Crippen LogP contribution in [-0.2, 0) is 9.53 Å². The molecule has 1 N–H and O–H groups in total. The smallest absolute Gasteiger partial charge is 0.325 e. The number of aryl methyl sites for hydroxylation is 1. The van der Waals surface area contributed by atoms with Gasteiger partial charge in [-0.2, -0.15) is 0 Å². The number of piperidine rings is 1. The molecular formula is C25H31ClN2O4. The lowest BCUT2D eigenvalue weighted by atomic mass is 10.0. The molecule has 0 spiro atoms. The Kier molecular flexibility index (Phi) is 7.68. The number of halogens is 1. The standard InChI is InChI=1S/C25H31ClN2O4/c1-18-15-20(26)7-8-23(18)32-21-9-11-27(12-10-21)16-22-17-28(13-14-31-22)24(25(29)30)19-5-3-2-4-6-19/h2-8,15,21-22,24H,9-14,16-17H2,1H3,(H,29,30)/t22-,24?/m1/s1. The Morgan fingerprint density at radius 2 is 1.94 bits per heavy atom. The van der Waals surface area contributed by atoms with Crippen LogP contribution in [-0.4, -0.2) is 72.4 Å². The number of likely N-dealkylation sites (tertiary alicyclic amines) is 1. The fourth-order valence-electron chi connectivity index (χ4n) is 4.65. The molecule has 2 aliphatic rings. The number of aliphatic carboxylic acids is 1. The summed E-state index contributed by atoms with van der Waals surface area (Å²) in [6, 6.07) is 14.6. The minimum atomic E-state index is -0.813. The summed E-state index contributed by atoms with van der Waals surface area (Å²) in [5.41, 5.74) is 1.87. The Balaban J connectivity index is 1.29. The lowest BCUT2D eigenvalue weighted by Gasteiger charge is -2.40. The Hall–Kier alpha value is -2.12. The van der Waals surface area contributed by atoms with Gasteiger partial charge in [-0.25, -0.2) is 0 Å². The van der Waals surface area contributed by atoms with E-state index in [2.05, 4.69) is 4.90 Å². The van der Waals surface area contributed by atoms with Crippen molar-refractivity contribution in [3.63, 3.8) is 0 Å². The number of rotatable bonds is 7. The van der Waals surface area contributed by atoms with E-state index in [0.29, 0.717) is 19.7 Å². The zero-order valence-corrected chi connectivity index (χ0v) is 19.2. The van der Waals surface area contributed by atoms with Crippen LogP contribution in [0.4, 0.5) is 0 Å². The molecular weight excluding hydrogens is 428 g/mol. The zero-order valence-electron chi connectivity index (χ0n) is 18.5. The van der Waals surface area contributed by atoms with Gasteiger partial charge in [0.2, 0.25) is 0 Å². The number of nitrogens with zero attached hydrogens (tertiary/aromatic N) is 2. The van der Waals surface area contributed by atoms with E-state index in [1.807, 2.05) is 60.4 Å². The highest BCUT2D eigenvalue weighted by Gasteiger charge is 2.33. The molecule has 7 heteroatoms. The average molecular weight is 459 g/mol. The van der Waals surface area contributed by atoms with Crippen LogP contribution in [0.25, 0.3) is 0 Å². The van der Waals surface area contributed by atoms with Crippen molar-refractivity contribution in [2.45, 2.75) is 38.0 Å². The molecule has 32 heavy (non-hydrogen) atoms. The van der Waals surface area contributed by atoms with Crippen LogP contribution in [0.2, 0.25) is 5.02 Å². The van der Waals surface area contributed by atoms with Crippen LogP contribution >= 0.6 is 11.6 Å². The summed E-state index contributed by atoms with van der Waals surface area (Å²) in [4.78, 5) is 16.4. The Labute approximate surface area is 194 Å². The molecule has 2 fully saturated rings. The summed E-state index contributed by atoms with van der Waals surface area (Å²) in [5.74, 6) is 0.0898. The lowest BCUT2D eigenvalue weighted by Crippen LogP contribution is -2.51. The van der Waals surface area contributed by atoms with E-state index in [1.54, 1.807) is 0 Å². The molecule has 0 amide bonds. The van der Waals surface area contributed by atoms with Crippen LogP contribution in [0.15, 0.2) is 48.5 Å². The van der Waals surface area contributed by atoms with Gasteiger partial charge in [0.15, 0.2) is 0 Å². The van der Waals surface area contributed by atoms with Gasteiger partial charge in [0.1, 0.15) is 17.9 Å². The number of hydrogen-bond donors (Lipinski definition) is 1. The monoisotopic (exact) mass is 458 g/mol. The van der Waals surface area contributed by atoms with E-state index in [1.165, 1.54) is 0 Å². The van der Waals surface area contributed by atoms with E-state index < -0.39 is 12.0 Å². The predicted molar refractivity (Wildman–Crippen MR) is 124 cm³/mol. The van der Waals surface area contributed by atoms with Crippen LogP contribution in [0.1, 0.15) is 30.0 Å². The fraction of sp³-hybridized carbons (Fsp3) is 0.480.